The molecular weight excluding hydrogens is 408 g/mol. The fourth-order valence-corrected chi connectivity index (χ4v) is 10.8. The molecule has 3 nitrogen and oxygen atoms in total. The number of aliphatic hydroxyl groups is 3. The molecule has 4 saturated carbocycles. The Bertz CT molecular complexity index is 843. The van der Waals surface area contributed by atoms with Crippen molar-refractivity contribution in [3.8, 4) is 0 Å². The molecule has 0 spiro atoms. The lowest BCUT2D eigenvalue weighted by Gasteiger charge is -2.71. The SMILES string of the molecule is CC1(C)C[C@H](O)[C@]2(CO)CC[C@]3(C)C(=CC[C@@H]4[C@@]5(C)CC[C@H](O)C(C)(C)[C@@H]5CC[C@]43C)[C@@H]2C1. The second-order valence-corrected chi connectivity index (χ2v) is 15.2. The number of allylic oxidation sites excluding steroid dienone is 2. The van der Waals surface area contributed by atoms with Crippen LogP contribution in [0.2, 0.25) is 0 Å². The van der Waals surface area contributed by atoms with Crippen molar-refractivity contribution in [3.63, 3.8) is 0 Å². The van der Waals surface area contributed by atoms with Crippen LogP contribution in [0.3, 0.4) is 0 Å². The maximum atomic E-state index is 11.3. The van der Waals surface area contributed by atoms with Crippen LogP contribution in [0, 0.1) is 50.2 Å². The summed E-state index contributed by atoms with van der Waals surface area (Å²) in [4.78, 5) is 0. The van der Waals surface area contributed by atoms with Gasteiger partial charge in [-0.15, -0.1) is 0 Å². The Morgan fingerprint density at radius 3 is 2.18 bits per heavy atom. The van der Waals surface area contributed by atoms with Crippen LogP contribution < -0.4 is 0 Å². The zero-order chi connectivity index (χ0) is 24.2. The first-order valence-electron chi connectivity index (χ1n) is 13.9. The molecule has 0 saturated heterocycles. The van der Waals surface area contributed by atoms with E-state index in [0.717, 1.165) is 44.9 Å². The molecule has 0 aromatic rings. The molecule has 0 aliphatic heterocycles. The summed E-state index contributed by atoms with van der Waals surface area (Å²) in [6.45, 7) is 17.1. The van der Waals surface area contributed by atoms with Gasteiger partial charge in [0.2, 0.25) is 0 Å². The lowest BCUT2D eigenvalue weighted by Crippen LogP contribution is -2.66. The van der Waals surface area contributed by atoms with Gasteiger partial charge in [-0.2, -0.15) is 0 Å². The third-order valence-corrected chi connectivity index (χ3v) is 13.1. The standard InChI is InChI=1S/C30H50O3/c1-25(2)16-20-19-8-9-22-27(5)12-11-23(32)26(3,4)21(27)10-13-29(22,7)28(19,6)14-15-30(20,18-31)24(33)17-25/h8,20-24,31-33H,9-18H2,1-7H3/t20-,21-,22+,23-,24-,27-,28+,29+,30-/m0/s1. The number of hydrogen-bond acceptors (Lipinski definition) is 3. The molecule has 3 heteroatoms. The van der Waals surface area contributed by atoms with Gasteiger partial charge < -0.3 is 15.3 Å². The summed E-state index contributed by atoms with van der Waals surface area (Å²) in [6.07, 6.45) is 11.5. The van der Waals surface area contributed by atoms with Gasteiger partial charge in [-0.1, -0.05) is 60.1 Å². The van der Waals surface area contributed by atoms with E-state index in [9.17, 15) is 15.3 Å². The second-order valence-electron chi connectivity index (χ2n) is 15.2. The molecule has 0 bridgehead atoms. The van der Waals surface area contributed by atoms with Gasteiger partial charge >= 0.3 is 0 Å². The van der Waals surface area contributed by atoms with Crippen LogP contribution >= 0.6 is 0 Å². The summed E-state index contributed by atoms with van der Waals surface area (Å²) in [5.74, 6) is 1.49. The van der Waals surface area contributed by atoms with Crippen LogP contribution in [0.1, 0.15) is 106 Å². The molecule has 0 aromatic heterocycles. The maximum absolute atomic E-state index is 11.3. The highest BCUT2D eigenvalue weighted by atomic mass is 16.3. The van der Waals surface area contributed by atoms with Gasteiger partial charge in [-0.05, 0) is 103 Å². The molecule has 188 valence electrons. The summed E-state index contributed by atoms with van der Waals surface area (Å²) in [5.41, 5.74) is 1.92. The molecular formula is C30H50O3. The molecule has 0 aromatic carbocycles. The van der Waals surface area contributed by atoms with Crippen LogP contribution in [0.4, 0.5) is 0 Å². The highest BCUT2D eigenvalue weighted by molar-refractivity contribution is 5.34. The maximum Gasteiger partial charge on any atom is 0.0629 e. The fourth-order valence-electron chi connectivity index (χ4n) is 10.8. The van der Waals surface area contributed by atoms with E-state index in [1.807, 2.05) is 0 Å². The fraction of sp³-hybridized carbons (Fsp3) is 0.933. The minimum Gasteiger partial charge on any atom is -0.396 e. The normalized spacial score (nSPS) is 54.8. The highest BCUT2D eigenvalue weighted by Crippen LogP contribution is 2.75. The van der Waals surface area contributed by atoms with Crippen LogP contribution in [0.25, 0.3) is 0 Å². The quantitative estimate of drug-likeness (QED) is 0.415. The third kappa shape index (κ3) is 2.91. The Balaban J connectivity index is 1.59. The van der Waals surface area contributed by atoms with Gasteiger partial charge in [0.15, 0.2) is 0 Å². The molecule has 5 rings (SSSR count). The monoisotopic (exact) mass is 458 g/mol. The Morgan fingerprint density at radius 1 is 0.818 bits per heavy atom. The van der Waals surface area contributed by atoms with Gasteiger partial charge in [0, 0.05) is 5.41 Å². The summed E-state index contributed by atoms with van der Waals surface area (Å²) >= 11 is 0. The van der Waals surface area contributed by atoms with E-state index < -0.39 is 6.10 Å². The molecule has 0 unspecified atom stereocenters. The van der Waals surface area contributed by atoms with Crippen molar-refractivity contribution in [1.82, 2.24) is 0 Å². The minimum absolute atomic E-state index is 0.0185. The topological polar surface area (TPSA) is 60.7 Å². The van der Waals surface area contributed by atoms with Gasteiger partial charge in [0.05, 0.1) is 18.8 Å². The van der Waals surface area contributed by atoms with Crippen molar-refractivity contribution in [2.45, 2.75) is 118 Å². The van der Waals surface area contributed by atoms with E-state index in [2.05, 4.69) is 54.5 Å². The van der Waals surface area contributed by atoms with Crippen molar-refractivity contribution < 1.29 is 15.3 Å². The summed E-state index contributed by atoms with van der Waals surface area (Å²) < 4.78 is 0. The molecule has 3 N–H and O–H groups in total. The van der Waals surface area contributed by atoms with Crippen LogP contribution in [0.15, 0.2) is 11.6 Å². The summed E-state index contributed by atoms with van der Waals surface area (Å²) in [6, 6.07) is 0. The lowest BCUT2D eigenvalue weighted by molar-refractivity contribution is -0.211. The predicted octanol–water partition coefficient (Wildman–Crippen LogP) is 6.11. The zero-order valence-corrected chi connectivity index (χ0v) is 22.4. The molecule has 0 heterocycles. The van der Waals surface area contributed by atoms with Crippen molar-refractivity contribution in [2.24, 2.45) is 50.2 Å². The Kier molecular flexibility index (Phi) is 5.23. The van der Waals surface area contributed by atoms with E-state index in [-0.39, 0.29) is 51.1 Å². The third-order valence-electron chi connectivity index (χ3n) is 13.1. The van der Waals surface area contributed by atoms with E-state index in [4.69, 9.17) is 0 Å². The molecule has 4 fully saturated rings. The van der Waals surface area contributed by atoms with Crippen molar-refractivity contribution in [2.75, 3.05) is 6.61 Å². The van der Waals surface area contributed by atoms with Crippen molar-refractivity contribution in [3.05, 3.63) is 11.6 Å². The smallest absolute Gasteiger partial charge is 0.0629 e. The highest BCUT2D eigenvalue weighted by Gasteiger charge is 2.69. The van der Waals surface area contributed by atoms with E-state index in [1.165, 1.54) is 12.8 Å². The van der Waals surface area contributed by atoms with E-state index in [1.54, 1.807) is 5.57 Å². The predicted molar refractivity (Wildman–Crippen MR) is 134 cm³/mol. The summed E-state index contributed by atoms with van der Waals surface area (Å²) in [7, 11) is 0. The van der Waals surface area contributed by atoms with Crippen LogP contribution in [0.5, 0.6) is 0 Å². The zero-order valence-electron chi connectivity index (χ0n) is 22.4. The molecule has 0 radical (unpaired) electrons. The number of rotatable bonds is 1. The van der Waals surface area contributed by atoms with Gasteiger partial charge in [-0.3, -0.25) is 0 Å². The lowest BCUT2D eigenvalue weighted by atomic mass is 9.33. The Morgan fingerprint density at radius 2 is 1.52 bits per heavy atom. The van der Waals surface area contributed by atoms with Gasteiger partial charge in [0.25, 0.3) is 0 Å². The first kappa shape index (κ1) is 24.3. The van der Waals surface area contributed by atoms with E-state index in [0.29, 0.717) is 11.8 Å². The number of fused-ring (bicyclic) bond motifs is 7. The average molecular weight is 459 g/mol. The van der Waals surface area contributed by atoms with Crippen molar-refractivity contribution in [1.29, 1.82) is 0 Å². The first-order chi connectivity index (χ1) is 15.2. The molecule has 9 atom stereocenters. The Labute approximate surface area is 202 Å². The molecule has 0 amide bonds. The summed E-state index contributed by atoms with van der Waals surface area (Å²) in [5, 5.41) is 32.9. The number of hydrogen-bond donors (Lipinski definition) is 3. The van der Waals surface area contributed by atoms with Crippen LogP contribution in [-0.2, 0) is 0 Å². The molecule has 5 aliphatic carbocycles. The average Bonchev–Trinajstić information content (AvgIpc) is 2.71. The molecule has 33 heavy (non-hydrogen) atoms. The Hall–Kier alpha value is -0.380. The first-order valence-corrected chi connectivity index (χ1v) is 13.9. The van der Waals surface area contributed by atoms with Crippen LogP contribution in [-0.4, -0.2) is 34.1 Å². The number of aliphatic hydroxyl groups excluding tert-OH is 3. The van der Waals surface area contributed by atoms with Gasteiger partial charge in [0.1, 0.15) is 0 Å². The van der Waals surface area contributed by atoms with Crippen molar-refractivity contribution >= 4 is 0 Å². The van der Waals surface area contributed by atoms with E-state index >= 15 is 0 Å². The largest absolute Gasteiger partial charge is 0.396 e. The second kappa shape index (κ2) is 7.10. The minimum atomic E-state index is -0.416. The molecule has 5 aliphatic rings. The van der Waals surface area contributed by atoms with Gasteiger partial charge in [-0.25, -0.2) is 0 Å².